The van der Waals surface area contributed by atoms with Gasteiger partial charge in [-0.3, -0.25) is 14.6 Å². The van der Waals surface area contributed by atoms with Gasteiger partial charge in [-0.25, -0.2) is 8.42 Å². The highest BCUT2D eigenvalue weighted by Crippen LogP contribution is 2.08. The zero-order valence-corrected chi connectivity index (χ0v) is 16.9. The molecule has 0 bridgehead atoms. The third kappa shape index (κ3) is 8.01. The number of aryl methyl sites for hydroxylation is 1. The smallest absolute Gasteiger partial charge is 0.235 e. The molecule has 152 valence electrons. The van der Waals surface area contributed by atoms with Gasteiger partial charge in [-0.2, -0.15) is 0 Å². The van der Waals surface area contributed by atoms with Crippen LogP contribution in [0.25, 0.3) is 0 Å². The number of amides is 1. The van der Waals surface area contributed by atoms with Gasteiger partial charge in [0.25, 0.3) is 0 Å². The van der Waals surface area contributed by atoms with Crippen molar-refractivity contribution in [2.45, 2.75) is 25.1 Å². The normalized spacial score (nSPS) is 11.5. The average Bonchev–Trinajstić information content (AvgIpc) is 3.09. The van der Waals surface area contributed by atoms with Crippen LogP contribution < -0.4 is 5.32 Å². The minimum Gasteiger partial charge on any atom is -0.468 e. The Morgan fingerprint density at radius 1 is 1.25 bits per heavy atom. The van der Waals surface area contributed by atoms with Gasteiger partial charge in [-0.05, 0) is 50.3 Å². The number of pyridine rings is 1. The SMILES string of the molecule is CN(C)Cc1ccnc(CCC(=O)CNC(=O)CS(=O)(=O)Cc2ccco2)c1. The fraction of sp³-hybridized carbons (Fsp3) is 0.421. The Hall–Kier alpha value is -2.52. The lowest BCUT2D eigenvalue weighted by atomic mass is 10.1. The average molecular weight is 407 g/mol. The Balaban J connectivity index is 1.74. The second-order valence-corrected chi connectivity index (χ2v) is 8.88. The molecule has 2 aromatic heterocycles. The Bertz CT molecular complexity index is 892. The van der Waals surface area contributed by atoms with E-state index >= 15 is 0 Å². The molecule has 0 spiro atoms. The molecule has 0 aliphatic carbocycles. The molecule has 2 heterocycles. The van der Waals surface area contributed by atoms with Gasteiger partial charge in [0, 0.05) is 24.9 Å². The van der Waals surface area contributed by atoms with Gasteiger partial charge >= 0.3 is 0 Å². The number of sulfone groups is 1. The molecular formula is C19H25N3O5S. The molecular weight excluding hydrogens is 382 g/mol. The molecule has 2 aromatic rings. The highest BCUT2D eigenvalue weighted by Gasteiger charge is 2.19. The van der Waals surface area contributed by atoms with Crippen molar-refractivity contribution in [3.63, 3.8) is 0 Å². The lowest BCUT2D eigenvalue weighted by Gasteiger charge is -2.10. The standard InChI is InChI=1S/C19H25N3O5S/c1-22(2)12-15-7-8-20-16(10-15)5-6-17(23)11-21-19(24)14-28(25,26)13-18-4-3-9-27-18/h3-4,7-10H,5-6,11-14H2,1-2H3,(H,21,24). The van der Waals surface area contributed by atoms with E-state index in [1.54, 1.807) is 12.3 Å². The highest BCUT2D eigenvalue weighted by molar-refractivity contribution is 7.91. The van der Waals surface area contributed by atoms with Gasteiger partial charge in [0.15, 0.2) is 15.6 Å². The molecule has 2 rings (SSSR count). The van der Waals surface area contributed by atoms with E-state index in [-0.39, 0.29) is 30.3 Å². The number of carbonyl (C=O) groups excluding carboxylic acids is 2. The van der Waals surface area contributed by atoms with Crippen LogP contribution in [-0.4, -0.2) is 56.4 Å². The summed E-state index contributed by atoms with van der Waals surface area (Å²) in [5.41, 5.74) is 1.91. The van der Waals surface area contributed by atoms with E-state index in [4.69, 9.17) is 4.42 Å². The van der Waals surface area contributed by atoms with Gasteiger partial charge in [0.1, 0.15) is 17.3 Å². The van der Waals surface area contributed by atoms with Crippen LogP contribution in [0.2, 0.25) is 0 Å². The summed E-state index contributed by atoms with van der Waals surface area (Å²) in [6.45, 7) is 0.582. The lowest BCUT2D eigenvalue weighted by Crippen LogP contribution is -2.34. The Labute approximate surface area is 164 Å². The number of rotatable bonds is 11. The van der Waals surface area contributed by atoms with Crippen LogP contribution in [0.1, 0.15) is 23.4 Å². The van der Waals surface area contributed by atoms with E-state index in [1.807, 2.05) is 31.1 Å². The predicted octanol–water partition coefficient (Wildman–Crippen LogP) is 0.969. The minimum atomic E-state index is -3.65. The largest absolute Gasteiger partial charge is 0.468 e. The maximum Gasteiger partial charge on any atom is 0.235 e. The Morgan fingerprint density at radius 3 is 2.71 bits per heavy atom. The lowest BCUT2D eigenvalue weighted by molar-refractivity contribution is -0.123. The van der Waals surface area contributed by atoms with Crippen LogP contribution in [0.3, 0.4) is 0 Å². The first-order chi connectivity index (χ1) is 13.2. The molecule has 0 saturated carbocycles. The first-order valence-electron chi connectivity index (χ1n) is 8.83. The zero-order chi connectivity index (χ0) is 20.6. The van der Waals surface area contributed by atoms with E-state index < -0.39 is 21.5 Å². The molecule has 1 N–H and O–H groups in total. The van der Waals surface area contributed by atoms with E-state index in [1.165, 1.54) is 12.3 Å². The molecule has 1 amide bonds. The highest BCUT2D eigenvalue weighted by atomic mass is 32.2. The van der Waals surface area contributed by atoms with Crippen LogP contribution in [0.4, 0.5) is 0 Å². The summed E-state index contributed by atoms with van der Waals surface area (Å²) in [4.78, 5) is 30.1. The molecule has 8 nitrogen and oxygen atoms in total. The van der Waals surface area contributed by atoms with Crippen molar-refractivity contribution in [2.75, 3.05) is 26.4 Å². The summed E-state index contributed by atoms with van der Waals surface area (Å²) in [7, 11) is 0.294. The second kappa shape index (κ2) is 10.1. The number of carbonyl (C=O) groups is 2. The van der Waals surface area contributed by atoms with Crippen LogP contribution in [0, 0.1) is 0 Å². The van der Waals surface area contributed by atoms with E-state index in [9.17, 15) is 18.0 Å². The van der Waals surface area contributed by atoms with Crippen molar-refractivity contribution >= 4 is 21.5 Å². The maximum absolute atomic E-state index is 12.0. The minimum absolute atomic E-state index is 0.184. The first-order valence-corrected chi connectivity index (χ1v) is 10.7. The summed E-state index contributed by atoms with van der Waals surface area (Å²) < 4.78 is 28.9. The van der Waals surface area contributed by atoms with Gasteiger partial charge < -0.3 is 14.6 Å². The van der Waals surface area contributed by atoms with E-state index in [0.717, 1.165) is 17.8 Å². The third-order valence-electron chi connectivity index (χ3n) is 3.82. The van der Waals surface area contributed by atoms with Crippen molar-refractivity contribution in [1.82, 2.24) is 15.2 Å². The van der Waals surface area contributed by atoms with Crippen LogP contribution in [-0.2, 0) is 38.1 Å². The predicted molar refractivity (Wildman–Crippen MR) is 104 cm³/mol. The molecule has 0 aliphatic heterocycles. The summed E-state index contributed by atoms with van der Waals surface area (Å²) >= 11 is 0. The summed E-state index contributed by atoms with van der Waals surface area (Å²) in [5.74, 6) is -1.65. The fourth-order valence-electron chi connectivity index (χ4n) is 2.59. The number of furan rings is 1. The number of hydrogen-bond acceptors (Lipinski definition) is 7. The second-order valence-electron chi connectivity index (χ2n) is 6.82. The van der Waals surface area contributed by atoms with Gasteiger partial charge in [-0.1, -0.05) is 0 Å². The third-order valence-corrected chi connectivity index (χ3v) is 5.24. The number of ketones is 1. The quantitative estimate of drug-likeness (QED) is 0.591. The van der Waals surface area contributed by atoms with E-state index in [2.05, 4.69) is 10.3 Å². The number of nitrogens with zero attached hydrogens (tertiary/aromatic N) is 2. The number of aromatic nitrogens is 1. The van der Waals surface area contributed by atoms with Crippen molar-refractivity contribution in [3.8, 4) is 0 Å². The van der Waals surface area contributed by atoms with Gasteiger partial charge in [0.2, 0.25) is 5.91 Å². The molecule has 0 unspecified atom stereocenters. The maximum atomic E-state index is 12.0. The van der Waals surface area contributed by atoms with Crippen LogP contribution in [0.15, 0.2) is 41.1 Å². The number of nitrogens with one attached hydrogen (secondary N) is 1. The molecule has 0 atom stereocenters. The van der Waals surface area contributed by atoms with E-state index in [0.29, 0.717) is 6.42 Å². The monoisotopic (exact) mass is 407 g/mol. The Morgan fingerprint density at radius 2 is 2.04 bits per heavy atom. The summed E-state index contributed by atoms with van der Waals surface area (Å²) in [6, 6.07) is 6.98. The van der Waals surface area contributed by atoms with Crippen molar-refractivity contribution in [1.29, 1.82) is 0 Å². The summed E-state index contributed by atoms with van der Waals surface area (Å²) in [5, 5.41) is 2.37. The molecule has 0 aliphatic rings. The molecule has 28 heavy (non-hydrogen) atoms. The molecule has 0 radical (unpaired) electrons. The van der Waals surface area contributed by atoms with Crippen molar-refractivity contribution in [2.24, 2.45) is 0 Å². The number of Topliss-reactive ketones (excluding diaryl/α,β-unsaturated/α-hetero) is 1. The molecule has 9 heteroatoms. The zero-order valence-electron chi connectivity index (χ0n) is 16.1. The van der Waals surface area contributed by atoms with Crippen molar-refractivity contribution < 1.29 is 22.4 Å². The fourth-order valence-corrected chi connectivity index (χ4v) is 3.80. The molecule has 0 aromatic carbocycles. The topological polar surface area (TPSA) is 110 Å². The summed E-state index contributed by atoms with van der Waals surface area (Å²) in [6.07, 6.45) is 3.77. The first kappa shape index (κ1) is 21.8. The van der Waals surface area contributed by atoms with Gasteiger partial charge in [-0.15, -0.1) is 0 Å². The number of hydrogen-bond donors (Lipinski definition) is 1. The van der Waals surface area contributed by atoms with Crippen LogP contribution in [0.5, 0.6) is 0 Å². The molecule has 0 fully saturated rings. The van der Waals surface area contributed by atoms with Crippen LogP contribution >= 0.6 is 0 Å². The Kier molecular flexibility index (Phi) is 7.89. The molecule has 0 saturated heterocycles. The van der Waals surface area contributed by atoms with Gasteiger partial charge in [0.05, 0.1) is 12.8 Å². The van der Waals surface area contributed by atoms with Crippen molar-refractivity contribution in [3.05, 3.63) is 53.7 Å².